The van der Waals surface area contributed by atoms with Gasteiger partial charge in [-0.15, -0.1) is 4.33 Å². The van der Waals surface area contributed by atoms with E-state index in [9.17, 15) is 13.0 Å². The molecule has 11 nitrogen and oxygen atoms in total. The number of unbranched alkanes of at least 4 members (excludes halogenated alkanes) is 2. The van der Waals surface area contributed by atoms with Gasteiger partial charge in [0.1, 0.15) is 4.90 Å². The van der Waals surface area contributed by atoms with E-state index in [1.165, 1.54) is 9.54 Å². The number of allylic oxidation sites excluding steroid dienone is 8. The topological polar surface area (TPSA) is 137 Å². The van der Waals surface area contributed by atoms with Crippen molar-refractivity contribution in [1.29, 1.82) is 0 Å². The van der Waals surface area contributed by atoms with E-state index in [0.717, 1.165) is 70.9 Å². The van der Waals surface area contributed by atoms with Gasteiger partial charge in [-0.3, -0.25) is 4.55 Å². The van der Waals surface area contributed by atoms with Crippen LogP contribution in [0.3, 0.4) is 0 Å². The van der Waals surface area contributed by atoms with Crippen molar-refractivity contribution >= 4 is 55.0 Å². The molecule has 0 saturated heterocycles. The second kappa shape index (κ2) is 19.5. The number of benzene rings is 4. The highest BCUT2D eigenvalue weighted by Crippen LogP contribution is 2.49. The van der Waals surface area contributed by atoms with Gasteiger partial charge < -0.3 is 9.80 Å². The molecule has 63 heavy (non-hydrogen) atoms. The molecule has 332 valence electrons. The Balaban J connectivity index is 1.38. The number of hydrogen-bond acceptors (Lipinski definition) is 10. The molecule has 3 aliphatic rings. The molecule has 0 spiro atoms. The molecule has 4 aromatic rings. The maximum Gasteiger partial charge on any atom is 0.400 e. The molecule has 14 heteroatoms. The lowest BCUT2D eigenvalue weighted by atomic mass is 9.83. The highest BCUT2D eigenvalue weighted by Gasteiger charge is 2.43. The van der Waals surface area contributed by atoms with Crippen molar-refractivity contribution in [2.45, 2.75) is 81.9 Å². The van der Waals surface area contributed by atoms with Gasteiger partial charge in [0.05, 0.1) is 5.75 Å². The van der Waals surface area contributed by atoms with E-state index in [0.29, 0.717) is 49.4 Å². The molecular weight excluding hydrogens is 855 g/mol. The molecule has 1 aliphatic carbocycles. The Morgan fingerprint density at radius 1 is 0.651 bits per heavy atom. The highest BCUT2D eigenvalue weighted by atomic mass is 32.2. The van der Waals surface area contributed by atoms with Crippen LogP contribution >= 0.6 is 12.0 Å². The van der Waals surface area contributed by atoms with E-state index >= 15 is 8.42 Å². The molecule has 1 fully saturated rings. The van der Waals surface area contributed by atoms with Gasteiger partial charge in [0.25, 0.3) is 10.1 Å². The van der Waals surface area contributed by atoms with Crippen LogP contribution in [0, 0.1) is 0 Å². The number of rotatable bonds is 17. The summed E-state index contributed by atoms with van der Waals surface area (Å²) in [6.07, 6.45) is 12.2. The molecule has 0 bridgehead atoms. The summed E-state index contributed by atoms with van der Waals surface area (Å²) < 4.78 is 68.8. The van der Waals surface area contributed by atoms with Crippen LogP contribution in [-0.4, -0.2) is 60.9 Å². The summed E-state index contributed by atoms with van der Waals surface area (Å²) in [5.41, 5.74) is 8.75. The largest absolute Gasteiger partial charge is 0.400 e. The summed E-state index contributed by atoms with van der Waals surface area (Å²) in [7, 11) is -8.22. The normalized spacial score (nSPS) is 20.3. The van der Waals surface area contributed by atoms with Crippen LogP contribution in [0.2, 0.25) is 0 Å². The fraction of sp³-hybridized carbons (Fsp3) is 0.327. The molecule has 2 aliphatic heterocycles. The maximum atomic E-state index is 15.1. The Morgan fingerprint density at radius 3 is 1.63 bits per heavy atom. The van der Waals surface area contributed by atoms with Crippen LogP contribution < -0.4 is 9.80 Å². The monoisotopic (exact) mass is 910 g/mol. The molecular formula is C49H56N3O8S3+. The van der Waals surface area contributed by atoms with Gasteiger partial charge >= 0.3 is 10.0 Å². The standard InChI is InChI=1S/C49H55N3O8S3/c1-48(2)41-23-11-13-25-43(41)50(33-15-17-35-61-60-59-53)45(48)31-29-37-27-28-38(47(37)52(39-19-7-5-8-20-39)63(57,58)40-21-9-6-10-22-40)30-32-46-49(3,4)42-24-12-14-26-44(42)51(46)34-16-18-36-62(54,55)56/h5-14,19-26,29-32H,15-18,27-28,33-36H2,1-4H3,(H-,53,54,55,56)/p+1. The summed E-state index contributed by atoms with van der Waals surface area (Å²) >= 11 is 1.05. The van der Waals surface area contributed by atoms with Gasteiger partial charge in [0.15, 0.2) is 0 Å². The van der Waals surface area contributed by atoms with Crippen molar-refractivity contribution in [1.82, 2.24) is 0 Å². The van der Waals surface area contributed by atoms with E-state index in [1.54, 1.807) is 24.3 Å². The van der Waals surface area contributed by atoms with Crippen LogP contribution in [-0.2, 0) is 40.3 Å². The zero-order chi connectivity index (χ0) is 44.8. The number of fused-ring (bicyclic) bond motifs is 2. The van der Waals surface area contributed by atoms with Crippen molar-refractivity contribution in [2.24, 2.45) is 0 Å². The SMILES string of the molecule is CC1(C)/C(=C\C=C2CCC(=C\C=C3\N(CCCCS(=O)(=O)O)c4ccccc4C3(C)C)/C2=[N+](/c2ccccc2)S(=O)(=O)c2ccccc2)N(CCCCSOOO)c2ccccc21. The van der Waals surface area contributed by atoms with Crippen LogP contribution in [0.15, 0.2) is 161 Å². The van der Waals surface area contributed by atoms with E-state index in [2.05, 4.69) is 108 Å². The summed E-state index contributed by atoms with van der Waals surface area (Å²) in [6, 6.07) is 34.4. The Bertz CT molecular complexity index is 2670. The molecule has 0 unspecified atom stereocenters. The van der Waals surface area contributed by atoms with Crippen molar-refractivity contribution in [3.63, 3.8) is 0 Å². The number of anilines is 2. The van der Waals surface area contributed by atoms with Crippen LogP contribution in [0.1, 0.15) is 77.3 Å². The number of nitrogens with zero attached hydrogens (tertiary/aromatic N) is 3. The minimum atomic E-state index is -4.14. The number of para-hydroxylation sites is 3. The molecule has 4 aromatic carbocycles. The van der Waals surface area contributed by atoms with E-state index in [1.807, 2.05) is 48.5 Å². The van der Waals surface area contributed by atoms with Crippen LogP contribution in [0.5, 0.6) is 0 Å². The number of sulfonamides is 1. The van der Waals surface area contributed by atoms with Crippen molar-refractivity contribution in [3.8, 4) is 0 Å². The summed E-state index contributed by atoms with van der Waals surface area (Å²) in [4.78, 5) is 4.76. The average Bonchev–Trinajstić information content (AvgIpc) is 3.83. The van der Waals surface area contributed by atoms with Gasteiger partial charge in [0, 0.05) is 87.8 Å². The third-order valence-corrected chi connectivity index (χ3v) is 15.4. The third-order valence-electron chi connectivity index (χ3n) is 12.2. The van der Waals surface area contributed by atoms with Crippen molar-refractivity contribution < 1.29 is 40.0 Å². The van der Waals surface area contributed by atoms with E-state index in [-0.39, 0.29) is 16.1 Å². The van der Waals surface area contributed by atoms with E-state index in [4.69, 9.17) is 5.26 Å². The molecule has 0 aromatic heterocycles. The third kappa shape index (κ3) is 9.97. The lowest BCUT2D eigenvalue weighted by Crippen LogP contribution is -2.27. The first-order valence-corrected chi connectivity index (χ1v) is 25.3. The van der Waals surface area contributed by atoms with Crippen LogP contribution in [0.25, 0.3) is 0 Å². The molecule has 2 heterocycles. The minimum Gasteiger partial charge on any atom is -0.344 e. The summed E-state index contributed by atoms with van der Waals surface area (Å²) in [5.74, 6) is 0.340. The molecule has 1 saturated carbocycles. The first kappa shape index (κ1) is 46.2. The Kier molecular flexibility index (Phi) is 14.3. The van der Waals surface area contributed by atoms with Crippen molar-refractivity contribution in [2.75, 3.05) is 34.4 Å². The quantitative estimate of drug-likeness (QED) is 0.0262. The van der Waals surface area contributed by atoms with Crippen molar-refractivity contribution in [3.05, 3.63) is 167 Å². The minimum absolute atomic E-state index is 0.180. The van der Waals surface area contributed by atoms with Gasteiger partial charge in [-0.05, 0) is 86.1 Å². The number of hydrogen-bond donors (Lipinski definition) is 2. The predicted octanol–water partition coefficient (Wildman–Crippen LogP) is 10.7. The summed E-state index contributed by atoms with van der Waals surface area (Å²) in [5, 5.41) is 12.3. The second-order valence-electron chi connectivity index (χ2n) is 17.0. The fourth-order valence-corrected chi connectivity index (χ4v) is 11.7. The lowest BCUT2D eigenvalue weighted by molar-refractivity contribution is -0.432. The first-order chi connectivity index (χ1) is 30.2. The summed E-state index contributed by atoms with van der Waals surface area (Å²) in [6.45, 7) is 10.1. The maximum absolute atomic E-state index is 15.1. The zero-order valence-corrected chi connectivity index (χ0v) is 38.6. The smallest absolute Gasteiger partial charge is 0.344 e. The first-order valence-electron chi connectivity index (χ1n) is 21.3. The molecule has 2 N–H and O–H groups in total. The predicted molar refractivity (Wildman–Crippen MR) is 252 cm³/mol. The van der Waals surface area contributed by atoms with E-state index < -0.39 is 25.6 Å². The highest BCUT2D eigenvalue weighted by molar-refractivity contribution is 7.94. The van der Waals surface area contributed by atoms with Gasteiger partial charge in [-0.1, -0.05) is 122 Å². The fourth-order valence-electron chi connectivity index (χ4n) is 9.11. The van der Waals surface area contributed by atoms with Crippen LogP contribution in [0.4, 0.5) is 17.1 Å². The molecule has 0 amide bonds. The zero-order valence-electron chi connectivity index (χ0n) is 36.2. The van der Waals surface area contributed by atoms with Gasteiger partial charge in [-0.2, -0.15) is 16.8 Å². The molecule has 0 radical (unpaired) electrons. The molecule has 7 rings (SSSR count). The Morgan fingerprint density at radius 2 is 1.13 bits per heavy atom. The second-order valence-corrected chi connectivity index (χ2v) is 21.1. The van der Waals surface area contributed by atoms with Gasteiger partial charge in [-0.25, -0.2) is 5.26 Å². The van der Waals surface area contributed by atoms with Gasteiger partial charge in [0.2, 0.25) is 11.4 Å². The Labute approximate surface area is 376 Å². The molecule has 0 atom stereocenters. The lowest BCUT2D eigenvalue weighted by Gasteiger charge is -2.27. The Hall–Kier alpha value is -4.80. The average molecular weight is 911 g/mol.